The van der Waals surface area contributed by atoms with Gasteiger partial charge in [-0.25, -0.2) is 0 Å². The molecule has 1 fully saturated rings. The van der Waals surface area contributed by atoms with Crippen molar-refractivity contribution in [3.05, 3.63) is 0 Å². The summed E-state index contributed by atoms with van der Waals surface area (Å²) in [7, 11) is 1.82. The molecule has 0 aromatic heterocycles. The van der Waals surface area contributed by atoms with Crippen LogP contribution in [0.25, 0.3) is 0 Å². The molecular formula is C6H11N3O. The molecule has 1 N–H and O–H groups in total. The minimum Gasteiger partial charge on any atom is -0.376 e. The Morgan fingerprint density at radius 3 is 3.10 bits per heavy atom. The maximum absolute atomic E-state index is 8.57. The van der Waals surface area contributed by atoms with Crippen molar-refractivity contribution >= 4 is 0 Å². The summed E-state index contributed by atoms with van der Waals surface area (Å²) in [6, 6.07) is 0. The van der Waals surface area contributed by atoms with Crippen LogP contribution in [0.1, 0.15) is 0 Å². The van der Waals surface area contributed by atoms with E-state index in [1.54, 1.807) is 4.90 Å². The van der Waals surface area contributed by atoms with Crippen LogP contribution in [-0.4, -0.2) is 37.9 Å². The molecule has 4 nitrogen and oxygen atoms in total. The Labute approximate surface area is 60.4 Å². The number of rotatable bonds is 1. The monoisotopic (exact) mass is 141 g/mol. The van der Waals surface area contributed by atoms with E-state index in [0.29, 0.717) is 19.8 Å². The third-order valence-electron chi connectivity index (χ3n) is 1.59. The van der Waals surface area contributed by atoms with E-state index in [2.05, 4.69) is 11.5 Å². The van der Waals surface area contributed by atoms with E-state index in [0.717, 1.165) is 0 Å². The molecule has 10 heavy (non-hydrogen) atoms. The third kappa shape index (κ3) is 1.38. The van der Waals surface area contributed by atoms with Crippen LogP contribution in [0.15, 0.2) is 0 Å². The molecule has 0 amide bonds. The summed E-state index contributed by atoms with van der Waals surface area (Å²) < 4.78 is 5.15. The lowest BCUT2D eigenvalue weighted by molar-refractivity contribution is 0.0104. The Kier molecular flexibility index (Phi) is 2.49. The van der Waals surface area contributed by atoms with Crippen LogP contribution >= 0.6 is 0 Å². The minimum absolute atomic E-state index is 0.0683. The van der Waals surface area contributed by atoms with Gasteiger partial charge in [0.25, 0.3) is 0 Å². The van der Waals surface area contributed by atoms with Gasteiger partial charge in [0.1, 0.15) is 6.17 Å². The molecule has 1 heterocycles. The van der Waals surface area contributed by atoms with Crippen molar-refractivity contribution in [2.24, 2.45) is 0 Å². The normalized spacial score (nSPS) is 26.0. The SMILES string of the molecule is CNC1COCCN1C#N. The fourth-order valence-electron chi connectivity index (χ4n) is 0.963. The highest BCUT2D eigenvalue weighted by Crippen LogP contribution is 2.00. The second-order valence-corrected chi connectivity index (χ2v) is 2.17. The van der Waals surface area contributed by atoms with E-state index in [1.807, 2.05) is 7.05 Å². The molecule has 0 aliphatic carbocycles. The van der Waals surface area contributed by atoms with Crippen LogP contribution in [0.5, 0.6) is 0 Å². The van der Waals surface area contributed by atoms with E-state index in [-0.39, 0.29) is 6.17 Å². The highest BCUT2D eigenvalue weighted by atomic mass is 16.5. The first kappa shape index (κ1) is 7.32. The average Bonchev–Trinajstić information content (AvgIpc) is 2.04. The molecule has 0 saturated carbocycles. The molecule has 4 heteroatoms. The van der Waals surface area contributed by atoms with E-state index in [9.17, 15) is 0 Å². The van der Waals surface area contributed by atoms with Gasteiger partial charge in [-0.3, -0.25) is 10.2 Å². The summed E-state index contributed by atoms with van der Waals surface area (Å²) >= 11 is 0. The first-order valence-corrected chi connectivity index (χ1v) is 3.30. The molecule has 1 aliphatic heterocycles. The lowest BCUT2D eigenvalue weighted by atomic mass is 10.4. The number of nitrogens with one attached hydrogen (secondary N) is 1. The topological polar surface area (TPSA) is 48.3 Å². The molecule has 0 bridgehead atoms. The van der Waals surface area contributed by atoms with Crippen molar-refractivity contribution in [3.63, 3.8) is 0 Å². The zero-order chi connectivity index (χ0) is 7.40. The van der Waals surface area contributed by atoms with Gasteiger partial charge in [0.2, 0.25) is 0 Å². The summed E-state index contributed by atoms with van der Waals surface area (Å²) in [4.78, 5) is 1.68. The summed E-state index contributed by atoms with van der Waals surface area (Å²) in [5, 5.41) is 11.6. The van der Waals surface area contributed by atoms with Gasteiger partial charge in [0.15, 0.2) is 6.19 Å². The highest BCUT2D eigenvalue weighted by Gasteiger charge is 2.18. The first-order valence-electron chi connectivity index (χ1n) is 3.30. The Hall–Kier alpha value is -0.790. The number of nitriles is 1. The second-order valence-electron chi connectivity index (χ2n) is 2.17. The molecule has 0 aromatic rings. The van der Waals surface area contributed by atoms with Crippen LogP contribution in [0.3, 0.4) is 0 Å². The Balaban J connectivity index is 2.44. The van der Waals surface area contributed by atoms with Gasteiger partial charge in [-0.2, -0.15) is 5.26 Å². The van der Waals surface area contributed by atoms with Gasteiger partial charge in [-0.05, 0) is 7.05 Å². The van der Waals surface area contributed by atoms with Gasteiger partial charge in [-0.15, -0.1) is 0 Å². The van der Waals surface area contributed by atoms with Gasteiger partial charge in [0.05, 0.1) is 19.8 Å². The quantitative estimate of drug-likeness (QED) is 0.493. The second kappa shape index (κ2) is 3.40. The van der Waals surface area contributed by atoms with E-state index in [4.69, 9.17) is 10.00 Å². The molecule has 0 spiro atoms. The number of ether oxygens (including phenoxy) is 1. The Morgan fingerprint density at radius 2 is 2.60 bits per heavy atom. The van der Waals surface area contributed by atoms with E-state index < -0.39 is 0 Å². The lowest BCUT2D eigenvalue weighted by Gasteiger charge is -2.30. The number of hydrogen-bond donors (Lipinski definition) is 1. The molecule has 1 rings (SSSR count). The van der Waals surface area contributed by atoms with E-state index >= 15 is 0 Å². The summed E-state index contributed by atoms with van der Waals surface area (Å²) in [6.45, 7) is 1.96. The molecule has 1 aliphatic rings. The zero-order valence-corrected chi connectivity index (χ0v) is 6.00. The predicted octanol–water partition coefficient (Wildman–Crippen LogP) is -0.655. The van der Waals surface area contributed by atoms with Crippen LogP contribution in [0.2, 0.25) is 0 Å². The van der Waals surface area contributed by atoms with Gasteiger partial charge in [0, 0.05) is 0 Å². The van der Waals surface area contributed by atoms with Crippen molar-refractivity contribution < 1.29 is 4.74 Å². The van der Waals surface area contributed by atoms with Crippen LogP contribution in [0.4, 0.5) is 0 Å². The van der Waals surface area contributed by atoms with Crippen molar-refractivity contribution in [3.8, 4) is 6.19 Å². The van der Waals surface area contributed by atoms with Crippen LogP contribution < -0.4 is 5.32 Å². The average molecular weight is 141 g/mol. The first-order chi connectivity index (χ1) is 4.88. The number of nitrogens with zero attached hydrogens (tertiary/aromatic N) is 2. The van der Waals surface area contributed by atoms with Gasteiger partial charge < -0.3 is 4.74 Å². The van der Waals surface area contributed by atoms with Crippen molar-refractivity contribution in [1.29, 1.82) is 5.26 Å². The van der Waals surface area contributed by atoms with Gasteiger partial charge >= 0.3 is 0 Å². The zero-order valence-electron chi connectivity index (χ0n) is 6.00. The molecule has 56 valence electrons. The molecular weight excluding hydrogens is 130 g/mol. The van der Waals surface area contributed by atoms with Crippen molar-refractivity contribution in [1.82, 2.24) is 10.2 Å². The largest absolute Gasteiger partial charge is 0.376 e. The molecule has 0 radical (unpaired) electrons. The van der Waals surface area contributed by atoms with Crippen LogP contribution in [0, 0.1) is 11.5 Å². The number of morpholine rings is 1. The lowest BCUT2D eigenvalue weighted by Crippen LogP contribution is -2.49. The molecule has 1 atom stereocenters. The number of likely N-dealkylation sites (N-methyl/N-ethyl adjacent to an activating group) is 1. The fourth-order valence-corrected chi connectivity index (χ4v) is 0.963. The Bertz CT molecular complexity index is 142. The van der Waals surface area contributed by atoms with Crippen molar-refractivity contribution in [2.75, 3.05) is 26.8 Å². The van der Waals surface area contributed by atoms with Gasteiger partial charge in [-0.1, -0.05) is 0 Å². The van der Waals surface area contributed by atoms with Crippen molar-refractivity contribution in [2.45, 2.75) is 6.17 Å². The highest BCUT2D eigenvalue weighted by molar-refractivity contribution is 4.82. The maximum atomic E-state index is 8.57. The minimum atomic E-state index is 0.0683. The standard InChI is InChI=1S/C6H11N3O/c1-8-6-4-10-3-2-9(6)5-7/h6,8H,2-4H2,1H3. The number of hydrogen-bond acceptors (Lipinski definition) is 4. The summed E-state index contributed by atoms with van der Waals surface area (Å²) in [5.41, 5.74) is 0. The Morgan fingerprint density at radius 1 is 1.80 bits per heavy atom. The molecule has 1 saturated heterocycles. The fraction of sp³-hybridized carbons (Fsp3) is 0.833. The van der Waals surface area contributed by atoms with Crippen LogP contribution in [-0.2, 0) is 4.74 Å². The maximum Gasteiger partial charge on any atom is 0.180 e. The molecule has 1 unspecified atom stereocenters. The van der Waals surface area contributed by atoms with E-state index in [1.165, 1.54) is 0 Å². The smallest absolute Gasteiger partial charge is 0.180 e. The third-order valence-corrected chi connectivity index (χ3v) is 1.59. The summed E-state index contributed by atoms with van der Waals surface area (Å²) in [6.07, 6.45) is 2.16. The summed E-state index contributed by atoms with van der Waals surface area (Å²) in [5.74, 6) is 0. The predicted molar refractivity (Wildman–Crippen MR) is 36.0 cm³/mol. The molecule has 0 aromatic carbocycles.